The van der Waals surface area contributed by atoms with Gasteiger partial charge in [-0.15, -0.1) is 0 Å². The summed E-state index contributed by atoms with van der Waals surface area (Å²) < 4.78 is 5.55. The molecule has 0 saturated carbocycles. The highest BCUT2D eigenvalue weighted by Gasteiger charge is 2.23. The zero-order valence-corrected chi connectivity index (χ0v) is 11.8. The standard InChI is InChI=1S/C16H25NO2/c1-2-19-16-9-3-6-14(12-16)13-17-10-4-7-15(17)8-5-11-18/h3,6,9,12,15,18H,2,4-5,7-8,10-11,13H2,1H3. The van der Waals surface area contributed by atoms with Crippen LogP contribution in [0.4, 0.5) is 0 Å². The molecule has 0 aliphatic carbocycles. The Kier molecular flexibility index (Phi) is 5.67. The van der Waals surface area contributed by atoms with Crippen LogP contribution in [0.1, 0.15) is 38.2 Å². The summed E-state index contributed by atoms with van der Waals surface area (Å²) in [6, 6.07) is 9.04. The molecule has 1 heterocycles. The van der Waals surface area contributed by atoms with Crippen molar-refractivity contribution in [3.8, 4) is 5.75 Å². The zero-order chi connectivity index (χ0) is 13.5. The van der Waals surface area contributed by atoms with E-state index in [9.17, 15) is 0 Å². The van der Waals surface area contributed by atoms with Crippen LogP contribution in [-0.2, 0) is 6.54 Å². The second kappa shape index (κ2) is 7.51. The normalized spacial score (nSPS) is 19.8. The Hall–Kier alpha value is -1.06. The van der Waals surface area contributed by atoms with Crippen molar-refractivity contribution in [2.45, 2.75) is 45.2 Å². The number of ether oxygens (including phenoxy) is 1. The van der Waals surface area contributed by atoms with E-state index in [0.717, 1.165) is 25.1 Å². The largest absolute Gasteiger partial charge is 0.494 e. The summed E-state index contributed by atoms with van der Waals surface area (Å²) in [6.45, 7) is 5.21. The molecule has 3 nitrogen and oxygen atoms in total. The maximum Gasteiger partial charge on any atom is 0.119 e. The van der Waals surface area contributed by atoms with Crippen LogP contribution in [0.5, 0.6) is 5.75 Å². The summed E-state index contributed by atoms with van der Waals surface area (Å²) in [4.78, 5) is 2.54. The van der Waals surface area contributed by atoms with E-state index >= 15 is 0 Å². The lowest BCUT2D eigenvalue weighted by atomic mass is 10.1. The third-order valence-corrected chi connectivity index (χ3v) is 3.79. The number of benzene rings is 1. The van der Waals surface area contributed by atoms with Gasteiger partial charge in [-0.05, 0) is 56.8 Å². The number of aliphatic hydroxyl groups excluding tert-OH is 1. The minimum atomic E-state index is 0.310. The smallest absolute Gasteiger partial charge is 0.119 e. The number of hydrogen-bond acceptors (Lipinski definition) is 3. The van der Waals surface area contributed by atoms with Gasteiger partial charge in [0.1, 0.15) is 5.75 Å². The van der Waals surface area contributed by atoms with Gasteiger partial charge in [-0.3, -0.25) is 4.90 Å². The molecule has 106 valence electrons. The van der Waals surface area contributed by atoms with E-state index in [1.165, 1.54) is 24.9 Å². The number of nitrogens with zero attached hydrogens (tertiary/aromatic N) is 1. The van der Waals surface area contributed by atoms with Gasteiger partial charge in [-0.25, -0.2) is 0 Å². The van der Waals surface area contributed by atoms with Crippen LogP contribution in [0.2, 0.25) is 0 Å². The highest BCUT2D eigenvalue weighted by Crippen LogP contribution is 2.24. The lowest BCUT2D eigenvalue weighted by Crippen LogP contribution is -2.29. The summed E-state index contributed by atoms with van der Waals surface area (Å²) >= 11 is 0. The molecule has 0 amide bonds. The average Bonchev–Trinajstić information content (AvgIpc) is 2.84. The summed E-state index contributed by atoms with van der Waals surface area (Å²) in [6.07, 6.45) is 4.58. The molecular weight excluding hydrogens is 238 g/mol. The molecule has 1 N–H and O–H groups in total. The molecule has 19 heavy (non-hydrogen) atoms. The first-order valence-electron chi connectivity index (χ1n) is 7.40. The van der Waals surface area contributed by atoms with Gasteiger partial charge in [0.05, 0.1) is 6.61 Å². The first kappa shape index (κ1) is 14.4. The van der Waals surface area contributed by atoms with Crippen LogP contribution in [0.25, 0.3) is 0 Å². The molecule has 1 aromatic carbocycles. The maximum atomic E-state index is 8.96. The second-order valence-electron chi connectivity index (χ2n) is 5.21. The Bertz CT molecular complexity index is 381. The Labute approximate surface area is 116 Å². The van der Waals surface area contributed by atoms with Gasteiger partial charge < -0.3 is 9.84 Å². The van der Waals surface area contributed by atoms with Crippen LogP contribution in [-0.4, -0.2) is 35.8 Å². The van der Waals surface area contributed by atoms with Crippen molar-refractivity contribution in [1.82, 2.24) is 4.90 Å². The first-order chi connectivity index (χ1) is 9.33. The van der Waals surface area contributed by atoms with Crippen LogP contribution >= 0.6 is 0 Å². The molecule has 1 aliphatic heterocycles. The topological polar surface area (TPSA) is 32.7 Å². The van der Waals surface area contributed by atoms with E-state index < -0.39 is 0 Å². The van der Waals surface area contributed by atoms with Gasteiger partial charge >= 0.3 is 0 Å². The van der Waals surface area contributed by atoms with Crippen molar-refractivity contribution in [2.24, 2.45) is 0 Å². The summed E-state index contributed by atoms with van der Waals surface area (Å²) in [5.41, 5.74) is 1.32. The average molecular weight is 263 g/mol. The van der Waals surface area contributed by atoms with Crippen LogP contribution in [0.3, 0.4) is 0 Å². The van der Waals surface area contributed by atoms with E-state index in [2.05, 4.69) is 23.1 Å². The van der Waals surface area contributed by atoms with E-state index in [1.807, 2.05) is 13.0 Å². The SMILES string of the molecule is CCOc1cccc(CN2CCCC2CCCO)c1. The van der Waals surface area contributed by atoms with Crippen molar-refractivity contribution >= 4 is 0 Å². The molecule has 2 rings (SSSR count). The maximum absolute atomic E-state index is 8.96. The van der Waals surface area contributed by atoms with Gasteiger partial charge in [0.25, 0.3) is 0 Å². The Morgan fingerprint density at radius 1 is 1.42 bits per heavy atom. The summed E-state index contributed by atoms with van der Waals surface area (Å²) in [7, 11) is 0. The molecule has 0 bridgehead atoms. The third-order valence-electron chi connectivity index (χ3n) is 3.79. The minimum Gasteiger partial charge on any atom is -0.494 e. The molecule has 1 saturated heterocycles. The molecule has 1 aromatic rings. The van der Waals surface area contributed by atoms with Gasteiger partial charge in [0, 0.05) is 19.2 Å². The van der Waals surface area contributed by atoms with Crippen molar-refractivity contribution in [1.29, 1.82) is 0 Å². The van der Waals surface area contributed by atoms with Crippen molar-refractivity contribution < 1.29 is 9.84 Å². The number of rotatable bonds is 7. The van der Waals surface area contributed by atoms with E-state index in [0.29, 0.717) is 19.3 Å². The van der Waals surface area contributed by atoms with Crippen molar-refractivity contribution in [3.05, 3.63) is 29.8 Å². The Morgan fingerprint density at radius 2 is 2.32 bits per heavy atom. The highest BCUT2D eigenvalue weighted by atomic mass is 16.5. The lowest BCUT2D eigenvalue weighted by molar-refractivity contribution is 0.210. The number of likely N-dealkylation sites (tertiary alicyclic amines) is 1. The fraction of sp³-hybridized carbons (Fsp3) is 0.625. The monoisotopic (exact) mass is 263 g/mol. The van der Waals surface area contributed by atoms with Gasteiger partial charge in [-0.1, -0.05) is 12.1 Å². The molecule has 1 fully saturated rings. The first-order valence-corrected chi connectivity index (χ1v) is 7.40. The Balaban J connectivity index is 1.93. The number of aliphatic hydroxyl groups is 1. The van der Waals surface area contributed by atoms with Crippen LogP contribution in [0, 0.1) is 0 Å². The van der Waals surface area contributed by atoms with Gasteiger partial charge in [-0.2, -0.15) is 0 Å². The van der Waals surface area contributed by atoms with Gasteiger partial charge in [0.2, 0.25) is 0 Å². The van der Waals surface area contributed by atoms with Crippen molar-refractivity contribution in [3.63, 3.8) is 0 Å². The lowest BCUT2D eigenvalue weighted by Gasteiger charge is -2.24. The Morgan fingerprint density at radius 3 is 3.11 bits per heavy atom. The fourth-order valence-electron chi connectivity index (χ4n) is 2.89. The van der Waals surface area contributed by atoms with Gasteiger partial charge in [0.15, 0.2) is 0 Å². The third kappa shape index (κ3) is 4.22. The molecule has 0 radical (unpaired) electrons. The molecule has 1 unspecified atom stereocenters. The summed E-state index contributed by atoms with van der Waals surface area (Å²) in [5, 5.41) is 8.96. The number of hydrogen-bond donors (Lipinski definition) is 1. The fourth-order valence-corrected chi connectivity index (χ4v) is 2.89. The predicted octanol–water partition coefficient (Wildman–Crippen LogP) is 2.82. The van der Waals surface area contributed by atoms with Crippen molar-refractivity contribution in [2.75, 3.05) is 19.8 Å². The quantitative estimate of drug-likeness (QED) is 0.821. The van der Waals surface area contributed by atoms with E-state index in [4.69, 9.17) is 9.84 Å². The molecule has 0 spiro atoms. The second-order valence-corrected chi connectivity index (χ2v) is 5.21. The predicted molar refractivity (Wildman–Crippen MR) is 77.4 cm³/mol. The van der Waals surface area contributed by atoms with Crippen LogP contribution < -0.4 is 4.74 Å². The van der Waals surface area contributed by atoms with Crippen LogP contribution in [0.15, 0.2) is 24.3 Å². The van der Waals surface area contributed by atoms with E-state index in [1.54, 1.807) is 0 Å². The molecule has 0 aromatic heterocycles. The zero-order valence-electron chi connectivity index (χ0n) is 11.8. The highest BCUT2D eigenvalue weighted by molar-refractivity contribution is 5.28. The minimum absolute atomic E-state index is 0.310. The molecule has 3 heteroatoms. The molecule has 1 aliphatic rings. The molecule has 1 atom stereocenters. The molecular formula is C16H25NO2. The van der Waals surface area contributed by atoms with E-state index in [-0.39, 0.29) is 0 Å². The summed E-state index contributed by atoms with van der Waals surface area (Å²) in [5.74, 6) is 0.964.